The second kappa shape index (κ2) is 8.15. The van der Waals surface area contributed by atoms with Gasteiger partial charge in [-0.3, -0.25) is 4.99 Å². The van der Waals surface area contributed by atoms with Crippen molar-refractivity contribution in [3.8, 4) is 0 Å². The van der Waals surface area contributed by atoms with E-state index in [0.29, 0.717) is 6.04 Å². The van der Waals surface area contributed by atoms with E-state index in [-0.39, 0.29) is 0 Å². The number of piperidine rings is 1. The maximum absolute atomic E-state index is 4.38. The monoisotopic (exact) mass is 343 g/mol. The van der Waals surface area contributed by atoms with Crippen LogP contribution in [0.3, 0.4) is 0 Å². The quantitative estimate of drug-likeness (QED) is 0.662. The fourth-order valence-electron chi connectivity index (χ4n) is 2.95. The van der Waals surface area contributed by atoms with Gasteiger partial charge in [-0.1, -0.05) is 18.2 Å². The number of nitrogens with one attached hydrogen (secondary N) is 2. The predicted molar refractivity (Wildman–Crippen MR) is 102 cm³/mol. The van der Waals surface area contributed by atoms with Crippen LogP contribution >= 0.6 is 11.3 Å². The molecule has 0 radical (unpaired) electrons. The molecule has 6 heteroatoms. The van der Waals surface area contributed by atoms with Crippen LogP contribution in [-0.2, 0) is 6.54 Å². The van der Waals surface area contributed by atoms with Gasteiger partial charge in [0.15, 0.2) is 5.96 Å². The first-order valence-electron chi connectivity index (χ1n) is 8.43. The minimum absolute atomic E-state index is 0.467. The lowest BCUT2D eigenvalue weighted by Crippen LogP contribution is -2.48. The minimum atomic E-state index is 0.467. The smallest absolute Gasteiger partial charge is 0.191 e. The van der Waals surface area contributed by atoms with E-state index in [1.54, 1.807) is 11.3 Å². The molecule has 0 bridgehead atoms. The van der Waals surface area contributed by atoms with Crippen molar-refractivity contribution < 1.29 is 0 Å². The number of thiazole rings is 1. The van der Waals surface area contributed by atoms with Crippen LogP contribution in [0.1, 0.15) is 22.7 Å². The number of aryl methyl sites for hydroxylation is 1. The van der Waals surface area contributed by atoms with Gasteiger partial charge in [0.25, 0.3) is 0 Å². The van der Waals surface area contributed by atoms with Crippen LogP contribution < -0.4 is 15.5 Å². The van der Waals surface area contributed by atoms with E-state index in [9.17, 15) is 0 Å². The zero-order valence-electron chi connectivity index (χ0n) is 14.3. The number of guanidine groups is 1. The Morgan fingerprint density at radius 3 is 2.67 bits per heavy atom. The van der Waals surface area contributed by atoms with Gasteiger partial charge in [0.1, 0.15) is 5.01 Å². The van der Waals surface area contributed by atoms with Gasteiger partial charge in [-0.15, -0.1) is 11.3 Å². The third kappa shape index (κ3) is 4.47. The summed E-state index contributed by atoms with van der Waals surface area (Å²) in [5.74, 6) is 0.862. The van der Waals surface area contributed by atoms with Crippen molar-refractivity contribution in [3.63, 3.8) is 0 Å². The van der Waals surface area contributed by atoms with Gasteiger partial charge in [-0.25, -0.2) is 4.98 Å². The van der Waals surface area contributed by atoms with Crippen molar-refractivity contribution in [2.45, 2.75) is 32.4 Å². The Hall–Kier alpha value is -2.08. The van der Waals surface area contributed by atoms with Crippen molar-refractivity contribution in [3.05, 3.63) is 46.4 Å². The number of hydrogen-bond acceptors (Lipinski definition) is 4. The molecule has 2 heterocycles. The minimum Gasteiger partial charge on any atom is -0.371 e. The molecule has 0 atom stereocenters. The highest BCUT2D eigenvalue weighted by Crippen LogP contribution is 2.19. The van der Waals surface area contributed by atoms with Gasteiger partial charge in [0.2, 0.25) is 0 Å². The summed E-state index contributed by atoms with van der Waals surface area (Å²) in [5.41, 5.74) is 1.32. The van der Waals surface area contributed by atoms with Crippen LogP contribution in [0.4, 0.5) is 5.69 Å². The number of anilines is 1. The molecule has 0 saturated carbocycles. The van der Waals surface area contributed by atoms with Gasteiger partial charge >= 0.3 is 0 Å². The summed E-state index contributed by atoms with van der Waals surface area (Å²) >= 11 is 1.72. The molecule has 2 N–H and O–H groups in total. The van der Waals surface area contributed by atoms with Crippen molar-refractivity contribution in [1.29, 1.82) is 0 Å². The largest absolute Gasteiger partial charge is 0.371 e. The number of para-hydroxylation sites is 1. The normalized spacial score (nSPS) is 16.2. The van der Waals surface area contributed by atoms with E-state index < -0.39 is 0 Å². The fourth-order valence-corrected chi connectivity index (χ4v) is 3.68. The highest BCUT2D eigenvalue weighted by molar-refractivity contribution is 7.11. The van der Waals surface area contributed by atoms with Crippen molar-refractivity contribution in [2.24, 2.45) is 4.99 Å². The Morgan fingerprint density at radius 1 is 1.29 bits per heavy atom. The molecular weight excluding hydrogens is 318 g/mol. The molecule has 1 aromatic heterocycles. The predicted octanol–water partition coefficient (Wildman–Crippen LogP) is 2.79. The van der Waals surface area contributed by atoms with Crippen LogP contribution in [0.25, 0.3) is 0 Å². The van der Waals surface area contributed by atoms with Crippen molar-refractivity contribution >= 4 is 23.0 Å². The Labute approximate surface area is 147 Å². The molecule has 1 aromatic carbocycles. The lowest BCUT2D eigenvalue weighted by atomic mass is 10.0. The van der Waals surface area contributed by atoms with Crippen LogP contribution in [0.2, 0.25) is 0 Å². The Morgan fingerprint density at radius 2 is 2.04 bits per heavy atom. The molecule has 0 unspecified atom stereocenters. The second-order valence-electron chi connectivity index (χ2n) is 6.03. The number of aromatic nitrogens is 1. The van der Waals surface area contributed by atoms with Crippen molar-refractivity contribution in [2.75, 3.05) is 25.0 Å². The average molecular weight is 344 g/mol. The molecular formula is C18H25N5S. The van der Waals surface area contributed by atoms with Gasteiger partial charge in [0, 0.05) is 42.9 Å². The Kier molecular flexibility index (Phi) is 5.69. The first-order valence-corrected chi connectivity index (χ1v) is 9.25. The highest BCUT2D eigenvalue weighted by atomic mass is 32.1. The zero-order valence-corrected chi connectivity index (χ0v) is 15.1. The number of rotatable bonds is 4. The van der Waals surface area contributed by atoms with Gasteiger partial charge in [-0.05, 0) is 31.9 Å². The standard InChI is InChI=1S/C18H25N5S/c1-14-12-20-17(24-14)13-21-18(19-2)22-15-8-10-23(11-9-15)16-6-4-3-5-7-16/h3-7,12,15H,8-11,13H2,1-2H3,(H2,19,21,22). The zero-order chi connectivity index (χ0) is 16.8. The summed E-state index contributed by atoms with van der Waals surface area (Å²) in [7, 11) is 1.82. The van der Waals surface area contributed by atoms with Gasteiger partial charge in [-0.2, -0.15) is 0 Å². The average Bonchev–Trinajstić information content (AvgIpc) is 3.05. The Bertz CT molecular complexity index is 659. The fraction of sp³-hybridized carbons (Fsp3) is 0.444. The molecule has 3 rings (SSSR count). The van der Waals surface area contributed by atoms with Crippen molar-refractivity contribution in [1.82, 2.24) is 15.6 Å². The summed E-state index contributed by atoms with van der Waals surface area (Å²) in [4.78, 5) is 12.4. The highest BCUT2D eigenvalue weighted by Gasteiger charge is 2.20. The van der Waals surface area contributed by atoms with Crippen LogP contribution in [0.15, 0.2) is 41.5 Å². The summed E-state index contributed by atoms with van der Waals surface area (Å²) < 4.78 is 0. The van der Waals surface area contributed by atoms with Gasteiger partial charge in [0.05, 0.1) is 6.54 Å². The second-order valence-corrected chi connectivity index (χ2v) is 7.35. The molecule has 1 saturated heterocycles. The lowest BCUT2D eigenvalue weighted by molar-refractivity contribution is 0.461. The molecule has 1 aliphatic heterocycles. The van der Waals surface area contributed by atoms with Gasteiger partial charge < -0.3 is 15.5 Å². The number of aliphatic imine (C=N–C) groups is 1. The molecule has 24 heavy (non-hydrogen) atoms. The molecule has 0 spiro atoms. The number of benzene rings is 1. The van der Waals surface area contributed by atoms with E-state index in [1.807, 2.05) is 13.2 Å². The van der Waals surface area contributed by atoms with E-state index in [1.165, 1.54) is 10.6 Å². The summed E-state index contributed by atoms with van der Waals surface area (Å²) in [6, 6.07) is 11.1. The molecule has 0 amide bonds. The van der Waals surface area contributed by atoms with Crippen LogP contribution in [-0.4, -0.2) is 37.1 Å². The SMILES string of the molecule is CN=C(NCc1ncc(C)s1)NC1CCN(c2ccccc2)CC1. The lowest BCUT2D eigenvalue weighted by Gasteiger charge is -2.34. The van der Waals surface area contributed by atoms with E-state index >= 15 is 0 Å². The van der Waals surface area contributed by atoms with Crippen LogP contribution in [0.5, 0.6) is 0 Å². The summed E-state index contributed by atoms with van der Waals surface area (Å²) in [5, 5.41) is 8.00. The molecule has 2 aromatic rings. The third-order valence-electron chi connectivity index (χ3n) is 4.26. The molecule has 5 nitrogen and oxygen atoms in total. The first kappa shape index (κ1) is 16.8. The number of hydrogen-bond donors (Lipinski definition) is 2. The number of nitrogens with zero attached hydrogens (tertiary/aromatic N) is 3. The van der Waals surface area contributed by atoms with Crippen LogP contribution in [0, 0.1) is 6.92 Å². The van der Waals surface area contributed by atoms with E-state index in [2.05, 4.69) is 62.8 Å². The third-order valence-corrected chi connectivity index (χ3v) is 5.17. The Balaban J connectivity index is 1.46. The van der Waals surface area contributed by atoms with E-state index in [4.69, 9.17) is 0 Å². The summed E-state index contributed by atoms with van der Waals surface area (Å²) in [6.45, 7) is 4.95. The summed E-state index contributed by atoms with van der Waals surface area (Å²) in [6.07, 6.45) is 4.15. The molecule has 1 aliphatic rings. The molecule has 1 fully saturated rings. The molecule has 128 valence electrons. The maximum Gasteiger partial charge on any atom is 0.191 e. The first-order chi connectivity index (χ1) is 11.7. The maximum atomic E-state index is 4.38. The molecule has 0 aliphatic carbocycles. The topological polar surface area (TPSA) is 52.6 Å². The van der Waals surface area contributed by atoms with E-state index in [0.717, 1.165) is 43.4 Å².